The highest BCUT2D eigenvalue weighted by molar-refractivity contribution is 6.04. The van der Waals surface area contributed by atoms with Crippen LogP contribution in [0.2, 0.25) is 0 Å². The van der Waals surface area contributed by atoms with E-state index in [9.17, 15) is 18.0 Å². The second kappa shape index (κ2) is 11.8. The van der Waals surface area contributed by atoms with Gasteiger partial charge in [0.05, 0.1) is 22.9 Å². The number of hydrogen-bond acceptors (Lipinski definition) is 7. The zero-order valence-electron chi connectivity index (χ0n) is 24.5. The van der Waals surface area contributed by atoms with Crippen LogP contribution in [0.25, 0.3) is 22.4 Å². The second-order valence-corrected chi connectivity index (χ2v) is 11.0. The Balaban J connectivity index is 1.25. The summed E-state index contributed by atoms with van der Waals surface area (Å²) in [6.45, 7) is 5.01. The summed E-state index contributed by atoms with van der Waals surface area (Å²) in [7, 11) is 3.84. The number of likely N-dealkylation sites (N-methyl/N-ethyl adjacent to an activating group) is 1. The monoisotopic (exact) mass is 604 g/mol. The summed E-state index contributed by atoms with van der Waals surface area (Å²) in [6, 6.07) is 12.4. The smallest absolute Gasteiger partial charge is 0.416 e. The molecule has 0 unspecified atom stereocenters. The Hall–Kier alpha value is -4.68. The highest BCUT2D eigenvalue weighted by Crippen LogP contribution is 2.36. The van der Waals surface area contributed by atoms with Crippen LogP contribution in [0.4, 0.5) is 18.9 Å². The van der Waals surface area contributed by atoms with Crippen molar-refractivity contribution in [2.45, 2.75) is 19.6 Å². The van der Waals surface area contributed by atoms with Crippen LogP contribution in [-0.4, -0.2) is 63.5 Å². The number of furan rings is 1. The summed E-state index contributed by atoms with van der Waals surface area (Å²) in [5.41, 5.74) is 2.42. The Bertz CT molecular complexity index is 1810. The number of hydrogen-bond donors (Lipinski definition) is 1. The number of nitrogens with zero attached hydrogens (tertiary/aromatic N) is 5. The molecule has 1 aliphatic heterocycles. The summed E-state index contributed by atoms with van der Waals surface area (Å²) < 4.78 is 55.5. The van der Waals surface area contributed by atoms with Gasteiger partial charge in [0, 0.05) is 57.2 Å². The SMILES string of the molecule is Cc1ccc(C(=O)Nc2ccc(CN3CCN(C)CC3)c(C(F)(F)F)c2)cc1Oc1nc(-c2ccoc2)nc2ccn(C)c12. The van der Waals surface area contributed by atoms with Gasteiger partial charge in [-0.1, -0.05) is 12.1 Å². The van der Waals surface area contributed by atoms with Crippen molar-refractivity contribution in [3.8, 4) is 23.0 Å². The number of amides is 1. The second-order valence-electron chi connectivity index (χ2n) is 11.0. The minimum Gasteiger partial charge on any atom is -0.472 e. The fourth-order valence-electron chi connectivity index (χ4n) is 5.21. The molecule has 1 aliphatic rings. The molecule has 9 nitrogen and oxygen atoms in total. The van der Waals surface area contributed by atoms with Crippen molar-refractivity contribution < 1.29 is 27.1 Å². The van der Waals surface area contributed by atoms with E-state index in [1.807, 2.05) is 42.7 Å². The van der Waals surface area contributed by atoms with Gasteiger partial charge in [0.25, 0.3) is 5.91 Å². The molecular weight excluding hydrogens is 573 g/mol. The number of nitrogens with one attached hydrogen (secondary N) is 1. The van der Waals surface area contributed by atoms with E-state index in [-0.39, 0.29) is 29.2 Å². The zero-order chi connectivity index (χ0) is 31.0. The summed E-state index contributed by atoms with van der Waals surface area (Å²) in [5, 5.41) is 2.63. The Kier molecular flexibility index (Phi) is 7.87. The first-order valence-electron chi connectivity index (χ1n) is 14.1. The molecule has 0 atom stereocenters. The number of carbonyl (C=O) groups excluding carboxylic acids is 1. The predicted octanol–water partition coefficient (Wildman–Crippen LogP) is 6.35. The fraction of sp³-hybridized carbons (Fsp3) is 0.281. The Morgan fingerprint density at radius 2 is 1.82 bits per heavy atom. The topological polar surface area (TPSA) is 88.7 Å². The van der Waals surface area contributed by atoms with E-state index in [4.69, 9.17) is 9.15 Å². The van der Waals surface area contributed by atoms with E-state index in [0.29, 0.717) is 41.3 Å². The summed E-state index contributed by atoms with van der Waals surface area (Å²) in [5.74, 6) is 0.497. The summed E-state index contributed by atoms with van der Waals surface area (Å²) in [6.07, 6.45) is 0.336. The van der Waals surface area contributed by atoms with Gasteiger partial charge in [0.1, 0.15) is 17.5 Å². The van der Waals surface area contributed by atoms with Crippen molar-refractivity contribution >= 4 is 22.6 Å². The molecule has 0 saturated carbocycles. The maximum Gasteiger partial charge on any atom is 0.416 e. The molecule has 0 aliphatic carbocycles. The molecule has 3 aromatic heterocycles. The molecule has 6 rings (SSSR count). The van der Waals surface area contributed by atoms with Gasteiger partial charge in [-0.2, -0.15) is 18.2 Å². The molecule has 2 aromatic carbocycles. The molecule has 4 heterocycles. The number of halogens is 3. The Morgan fingerprint density at radius 3 is 2.55 bits per heavy atom. The molecule has 1 amide bonds. The quantitative estimate of drug-likeness (QED) is 0.232. The maximum atomic E-state index is 14.1. The molecule has 228 valence electrons. The zero-order valence-corrected chi connectivity index (χ0v) is 24.5. The molecule has 0 bridgehead atoms. The van der Waals surface area contributed by atoms with E-state index in [1.165, 1.54) is 24.7 Å². The van der Waals surface area contributed by atoms with Crippen molar-refractivity contribution in [3.05, 3.63) is 89.5 Å². The molecule has 5 aromatic rings. The number of ether oxygens (including phenoxy) is 1. The average Bonchev–Trinajstić information content (AvgIpc) is 3.66. The lowest BCUT2D eigenvalue weighted by molar-refractivity contribution is -0.138. The Labute approximate surface area is 251 Å². The summed E-state index contributed by atoms with van der Waals surface area (Å²) in [4.78, 5) is 26.6. The highest BCUT2D eigenvalue weighted by Gasteiger charge is 2.34. The van der Waals surface area contributed by atoms with Crippen LogP contribution in [0.5, 0.6) is 11.6 Å². The Morgan fingerprint density at radius 1 is 1.02 bits per heavy atom. The molecule has 1 saturated heterocycles. The van der Waals surface area contributed by atoms with Crippen molar-refractivity contribution in [3.63, 3.8) is 0 Å². The normalized spacial score (nSPS) is 14.7. The summed E-state index contributed by atoms with van der Waals surface area (Å²) >= 11 is 0. The van der Waals surface area contributed by atoms with Crippen molar-refractivity contribution in [2.24, 2.45) is 7.05 Å². The van der Waals surface area contributed by atoms with Gasteiger partial charge in [0.2, 0.25) is 5.88 Å². The van der Waals surface area contributed by atoms with Crippen LogP contribution >= 0.6 is 0 Å². The minimum atomic E-state index is -4.57. The molecule has 0 radical (unpaired) electrons. The van der Waals surface area contributed by atoms with E-state index >= 15 is 0 Å². The molecule has 12 heteroatoms. The third-order valence-corrected chi connectivity index (χ3v) is 7.79. The number of aromatic nitrogens is 3. The molecule has 0 spiro atoms. The van der Waals surface area contributed by atoms with E-state index in [1.54, 1.807) is 24.3 Å². The number of piperazine rings is 1. The van der Waals surface area contributed by atoms with Crippen LogP contribution in [0.15, 0.2) is 71.7 Å². The molecule has 1 fully saturated rings. The van der Waals surface area contributed by atoms with Crippen molar-refractivity contribution in [2.75, 3.05) is 38.5 Å². The van der Waals surface area contributed by atoms with Crippen LogP contribution in [0, 0.1) is 6.92 Å². The molecular formula is C32H31F3N6O3. The standard InChI is InChI=1S/C32H31F3N6O3/c1-20-4-5-21(16-27(20)44-31-28-26(8-10-40(28)3)37-29(38-31)23-9-15-43-19-23)30(42)36-24-7-6-22(25(17-24)32(33,34)35)18-41-13-11-39(2)12-14-41/h4-10,15-17,19H,11-14,18H2,1-3H3,(H,36,42). The van der Waals surface area contributed by atoms with E-state index < -0.39 is 17.6 Å². The van der Waals surface area contributed by atoms with Crippen molar-refractivity contribution in [1.29, 1.82) is 0 Å². The first kappa shape index (κ1) is 29.4. The minimum absolute atomic E-state index is 0.0542. The van der Waals surface area contributed by atoms with Gasteiger partial charge in [-0.3, -0.25) is 9.69 Å². The number of aryl methyl sites for hydroxylation is 2. The van der Waals surface area contributed by atoms with Crippen molar-refractivity contribution in [1.82, 2.24) is 24.3 Å². The third kappa shape index (κ3) is 6.17. The third-order valence-electron chi connectivity index (χ3n) is 7.79. The predicted molar refractivity (Wildman–Crippen MR) is 160 cm³/mol. The lowest BCUT2D eigenvalue weighted by atomic mass is 10.0. The van der Waals surface area contributed by atoms with Gasteiger partial charge in [-0.25, -0.2) is 4.98 Å². The highest BCUT2D eigenvalue weighted by atomic mass is 19.4. The van der Waals surface area contributed by atoms with Gasteiger partial charge >= 0.3 is 6.18 Å². The number of rotatable bonds is 7. The van der Waals surface area contributed by atoms with Gasteiger partial charge in [-0.15, -0.1) is 0 Å². The maximum absolute atomic E-state index is 14.1. The number of anilines is 1. The van der Waals surface area contributed by atoms with Crippen LogP contribution in [-0.2, 0) is 19.8 Å². The fourth-order valence-corrected chi connectivity index (χ4v) is 5.21. The lowest BCUT2D eigenvalue weighted by Crippen LogP contribution is -2.44. The lowest BCUT2D eigenvalue weighted by Gasteiger charge is -2.33. The number of carbonyl (C=O) groups is 1. The van der Waals surface area contributed by atoms with Crippen LogP contribution in [0.1, 0.15) is 27.0 Å². The van der Waals surface area contributed by atoms with E-state index in [0.717, 1.165) is 24.7 Å². The molecule has 44 heavy (non-hydrogen) atoms. The van der Waals surface area contributed by atoms with Crippen LogP contribution < -0.4 is 10.1 Å². The first-order chi connectivity index (χ1) is 21.0. The number of alkyl halides is 3. The first-order valence-corrected chi connectivity index (χ1v) is 14.1. The van der Waals surface area contributed by atoms with E-state index in [2.05, 4.69) is 20.2 Å². The number of fused-ring (bicyclic) bond motifs is 1. The average molecular weight is 605 g/mol. The van der Waals surface area contributed by atoms with Gasteiger partial charge in [0.15, 0.2) is 5.82 Å². The van der Waals surface area contributed by atoms with Crippen LogP contribution in [0.3, 0.4) is 0 Å². The number of benzene rings is 2. The molecule has 1 N–H and O–H groups in total. The largest absolute Gasteiger partial charge is 0.472 e. The van der Waals surface area contributed by atoms with Gasteiger partial charge in [-0.05, 0) is 61.5 Å². The van der Waals surface area contributed by atoms with Gasteiger partial charge < -0.3 is 23.9 Å².